The SMILES string of the molecule is CCC1(n2ncc(-c3ccc(F)cc3)c2-c2ccncc2)CNCCO1. The first-order chi connectivity index (χ1) is 12.7. The summed E-state index contributed by atoms with van der Waals surface area (Å²) in [6, 6.07) is 10.4. The molecule has 4 rings (SSSR count). The Hall–Kier alpha value is -2.57. The molecule has 1 aliphatic heterocycles. The van der Waals surface area contributed by atoms with Crippen LogP contribution in [0.1, 0.15) is 13.3 Å². The van der Waals surface area contributed by atoms with Gasteiger partial charge in [-0.1, -0.05) is 19.1 Å². The zero-order valence-electron chi connectivity index (χ0n) is 14.7. The Bertz CT molecular complexity index is 871. The first-order valence-electron chi connectivity index (χ1n) is 8.83. The normalized spacial score (nSPS) is 20.2. The lowest BCUT2D eigenvalue weighted by molar-refractivity contribution is -0.133. The standard InChI is InChI=1S/C20H21FN4O/c1-2-20(14-23-11-12-26-20)25-19(16-7-9-22-10-8-16)18(13-24-25)15-3-5-17(21)6-4-15/h3-10,13,23H,2,11-12,14H2,1H3. The summed E-state index contributed by atoms with van der Waals surface area (Å²) < 4.78 is 21.5. The van der Waals surface area contributed by atoms with E-state index in [1.165, 1.54) is 12.1 Å². The van der Waals surface area contributed by atoms with Gasteiger partial charge in [-0.3, -0.25) is 4.98 Å². The number of halogens is 1. The van der Waals surface area contributed by atoms with E-state index >= 15 is 0 Å². The van der Waals surface area contributed by atoms with Crippen LogP contribution in [0.2, 0.25) is 0 Å². The van der Waals surface area contributed by atoms with Gasteiger partial charge in [0, 0.05) is 36.6 Å². The number of pyridine rings is 1. The van der Waals surface area contributed by atoms with Crippen LogP contribution < -0.4 is 5.32 Å². The van der Waals surface area contributed by atoms with Crippen molar-refractivity contribution in [3.05, 3.63) is 60.8 Å². The van der Waals surface area contributed by atoms with E-state index in [-0.39, 0.29) is 5.82 Å². The topological polar surface area (TPSA) is 52.0 Å². The average Bonchev–Trinajstić information content (AvgIpc) is 3.15. The smallest absolute Gasteiger partial charge is 0.173 e. The molecule has 26 heavy (non-hydrogen) atoms. The van der Waals surface area contributed by atoms with E-state index in [1.807, 2.05) is 23.0 Å². The van der Waals surface area contributed by atoms with Gasteiger partial charge in [-0.25, -0.2) is 9.07 Å². The number of aromatic nitrogens is 3. The van der Waals surface area contributed by atoms with Gasteiger partial charge in [0.1, 0.15) is 5.82 Å². The average molecular weight is 352 g/mol. The quantitative estimate of drug-likeness (QED) is 0.782. The third-order valence-corrected chi connectivity index (χ3v) is 4.87. The fourth-order valence-corrected chi connectivity index (χ4v) is 3.45. The minimum atomic E-state index is -0.546. The van der Waals surface area contributed by atoms with Crippen LogP contribution in [0.5, 0.6) is 0 Å². The fourth-order valence-electron chi connectivity index (χ4n) is 3.45. The lowest BCUT2D eigenvalue weighted by atomic mass is 10.0. The highest BCUT2D eigenvalue weighted by Gasteiger charge is 2.37. The number of benzene rings is 1. The molecule has 134 valence electrons. The molecule has 3 heterocycles. The van der Waals surface area contributed by atoms with Crippen LogP contribution in [0.15, 0.2) is 55.0 Å². The van der Waals surface area contributed by atoms with Gasteiger partial charge >= 0.3 is 0 Å². The second-order valence-electron chi connectivity index (χ2n) is 6.39. The number of hydrogen-bond donors (Lipinski definition) is 1. The van der Waals surface area contributed by atoms with Crippen molar-refractivity contribution in [2.45, 2.75) is 19.1 Å². The number of ether oxygens (including phenoxy) is 1. The zero-order valence-corrected chi connectivity index (χ0v) is 14.7. The van der Waals surface area contributed by atoms with Crippen LogP contribution in [0, 0.1) is 5.82 Å². The molecule has 5 nitrogen and oxygen atoms in total. The van der Waals surface area contributed by atoms with Crippen LogP contribution >= 0.6 is 0 Å². The summed E-state index contributed by atoms with van der Waals surface area (Å²) in [4.78, 5) is 4.13. The highest BCUT2D eigenvalue weighted by atomic mass is 19.1. The van der Waals surface area contributed by atoms with E-state index in [0.29, 0.717) is 13.2 Å². The second-order valence-corrected chi connectivity index (χ2v) is 6.39. The van der Waals surface area contributed by atoms with Crippen LogP contribution in [0.25, 0.3) is 22.4 Å². The minimum absolute atomic E-state index is 0.253. The number of hydrogen-bond acceptors (Lipinski definition) is 4. The molecule has 1 aliphatic rings. The van der Waals surface area contributed by atoms with Gasteiger partial charge < -0.3 is 10.1 Å². The molecule has 6 heteroatoms. The van der Waals surface area contributed by atoms with Crippen molar-refractivity contribution in [1.29, 1.82) is 0 Å². The molecule has 2 aromatic heterocycles. The molecule has 0 radical (unpaired) electrons. The molecule has 1 saturated heterocycles. The molecular weight excluding hydrogens is 331 g/mol. The number of nitrogens with zero attached hydrogens (tertiary/aromatic N) is 3. The highest BCUT2D eigenvalue weighted by Crippen LogP contribution is 2.37. The van der Waals surface area contributed by atoms with Crippen molar-refractivity contribution in [3.8, 4) is 22.4 Å². The van der Waals surface area contributed by atoms with Crippen LogP contribution in [-0.4, -0.2) is 34.5 Å². The van der Waals surface area contributed by atoms with Crippen molar-refractivity contribution in [2.24, 2.45) is 0 Å². The lowest BCUT2D eigenvalue weighted by Crippen LogP contribution is -2.51. The monoisotopic (exact) mass is 352 g/mol. The summed E-state index contributed by atoms with van der Waals surface area (Å²) >= 11 is 0. The van der Waals surface area contributed by atoms with Crippen molar-refractivity contribution in [3.63, 3.8) is 0 Å². The highest BCUT2D eigenvalue weighted by molar-refractivity contribution is 5.80. The van der Waals surface area contributed by atoms with Crippen molar-refractivity contribution in [2.75, 3.05) is 19.7 Å². The van der Waals surface area contributed by atoms with Crippen LogP contribution in [-0.2, 0) is 10.5 Å². The maximum absolute atomic E-state index is 13.4. The Kier molecular flexibility index (Phi) is 4.53. The molecule has 0 spiro atoms. The lowest BCUT2D eigenvalue weighted by Gasteiger charge is -2.38. The van der Waals surface area contributed by atoms with E-state index in [1.54, 1.807) is 24.5 Å². The van der Waals surface area contributed by atoms with Crippen molar-refractivity contribution >= 4 is 0 Å². The first-order valence-corrected chi connectivity index (χ1v) is 8.83. The van der Waals surface area contributed by atoms with E-state index in [4.69, 9.17) is 9.84 Å². The Morgan fingerprint density at radius 1 is 1.15 bits per heavy atom. The predicted octanol–water partition coefficient (Wildman–Crippen LogP) is 3.43. The largest absolute Gasteiger partial charge is 0.351 e. The van der Waals surface area contributed by atoms with Crippen LogP contribution in [0.3, 0.4) is 0 Å². The van der Waals surface area contributed by atoms with Gasteiger partial charge in [0.05, 0.1) is 18.5 Å². The molecule has 1 atom stereocenters. The molecule has 1 fully saturated rings. The summed E-state index contributed by atoms with van der Waals surface area (Å²) in [5, 5.41) is 8.11. The summed E-state index contributed by atoms with van der Waals surface area (Å²) in [6.07, 6.45) is 6.14. The van der Waals surface area contributed by atoms with Gasteiger partial charge in [0.15, 0.2) is 5.72 Å². The van der Waals surface area contributed by atoms with Gasteiger partial charge in [-0.2, -0.15) is 5.10 Å². The molecule has 1 N–H and O–H groups in total. The first kappa shape index (κ1) is 16.9. The van der Waals surface area contributed by atoms with Crippen molar-refractivity contribution < 1.29 is 9.13 Å². The molecule has 0 saturated carbocycles. The maximum atomic E-state index is 13.4. The fraction of sp³-hybridized carbons (Fsp3) is 0.300. The van der Waals surface area contributed by atoms with E-state index in [2.05, 4.69) is 17.2 Å². The van der Waals surface area contributed by atoms with Gasteiger partial charge in [0.25, 0.3) is 0 Å². The zero-order chi connectivity index (χ0) is 18.0. The maximum Gasteiger partial charge on any atom is 0.173 e. The van der Waals surface area contributed by atoms with Crippen molar-refractivity contribution in [1.82, 2.24) is 20.1 Å². The second kappa shape index (κ2) is 6.97. The number of nitrogens with one attached hydrogen (secondary N) is 1. The Balaban J connectivity index is 1.91. The van der Waals surface area contributed by atoms with Crippen LogP contribution in [0.4, 0.5) is 4.39 Å². The molecule has 0 aliphatic carbocycles. The van der Waals surface area contributed by atoms with Gasteiger partial charge in [-0.15, -0.1) is 0 Å². The number of rotatable bonds is 4. The third kappa shape index (κ3) is 2.91. The Morgan fingerprint density at radius 2 is 1.92 bits per heavy atom. The van der Waals surface area contributed by atoms with E-state index in [9.17, 15) is 4.39 Å². The summed E-state index contributed by atoms with van der Waals surface area (Å²) in [7, 11) is 0. The van der Waals surface area contributed by atoms with Gasteiger partial charge in [-0.05, 0) is 36.2 Å². The molecule has 1 unspecified atom stereocenters. The Morgan fingerprint density at radius 3 is 2.58 bits per heavy atom. The van der Waals surface area contributed by atoms with E-state index < -0.39 is 5.72 Å². The molecule has 1 aromatic carbocycles. The molecule has 0 amide bonds. The summed E-state index contributed by atoms with van der Waals surface area (Å²) in [5.41, 5.74) is 3.26. The molecular formula is C20H21FN4O. The third-order valence-electron chi connectivity index (χ3n) is 4.87. The Labute approximate surface area is 151 Å². The molecule has 3 aromatic rings. The summed E-state index contributed by atoms with van der Waals surface area (Å²) in [5.74, 6) is -0.253. The molecule has 0 bridgehead atoms. The number of morpholine rings is 1. The summed E-state index contributed by atoms with van der Waals surface area (Å²) in [6.45, 7) is 4.25. The van der Waals surface area contributed by atoms with E-state index in [0.717, 1.165) is 35.3 Å². The predicted molar refractivity (Wildman–Crippen MR) is 97.9 cm³/mol. The minimum Gasteiger partial charge on any atom is -0.351 e. The van der Waals surface area contributed by atoms with Gasteiger partial charge in [0.2, 0.25) is 0 Å².